The number of H-pyrrole nitrogens is 1. The number of hydrogen-bond donors (Lipinski definition) is 4. The van der Waals surface area contributed by atoms with Crippen LogP contribution in [-0.4, -0.2) is 61.9 Å². The maximum atomic E-state index is 12.0. The molecule has 2 heterocycles. The molecule has 146 valence electrons. The molecular weight excluding hydrogens is 398 g/mol. The molecule has 2 unspecified atom stereocenters. The number of aromatic amines is 1. The second-order valence-corrected chi connectivity index (χ2v) is 8.88. The number of nitrogens with one attached hydrogen (secondary N) is 1. The van der Waals surface area contributed by atoms with Gasteiger partial charge in [-0.1, -0.05) is 0 Å². The van der Waals surface area contributed by atoms with Crippen LogP contribution in [-0.2, 0) is 27.7 Å². The number of phosphoric ester groups is 1. The molecule has 0 spiro atoms. The van der Waals surface area contributed by atoms with Crippen LogP contribution >= 0.6 is 15.4 Å². The molecule has 26 heavy (non-hydrogen) atoms. The molecule has 1 aliphatic heterocycles. The van der Waals surface area contributed by atoms with Gasteiger partial charge in [-0.05, 0) is 0 Å². The largest absolute Gasteiger partial charge is 0.470 e. The normalized spacial score (nSPS) is 35.7. The number of methoxy groups -OCH3 is 1. The third-order valence-corrected chi connectivity index (χ3v) is 5.20. The molecule has 0 aromatic carbocycles. The molecular formula is C11H16N2O11P2. The van der Waals surface area contributed by atoms with Gasteiger partial charge in [-0.3, -0.25) is 28.0 Å². The number of fused-ring (bicyclic) bond motifs is 1. The van der Waals surface area contributed by atoms with Gasteiger partial charge in [0.05, 0.1) is 0 Å². The van der Waals surface area contributed by atoms with Gasteiger partial charge in [-0.15, -0.1) is 0 Å². The van der Waals surface area contributed by atoms with Gasteiger partial charge in [-0.2, -0.15) is 0 Å². The molecule has 15 heteroatoms. The molecule has 0 radical (unpaired) electrons. The van der Waals surface area contributed by atoms with Gasteiger partial charge in [0, 0.05) is 26.0 Å². The van der Waals surface area contributed by atoms with Crippen molar-refractivity contribution < 1.29 is 42.3 Å². The van der Waals surface area contributed by atoms with Crippen LogP contribution in [0.3, 0.4) is 0 Å². The number of rotatable bonds is 6. The van der Waals surface area contributed by atoms with E-state index >= 15 is 0 Å². The molecule has 0 bridgehead atoms. The number of phosphoric acid groups is 1. The van der Waals surface area contributed by atoms with E-state index in [0.717, 1.165) is 23.5 Å². The van der Waals surface area contributed by atoms with Crippen molar-refractivity contribution in [2.45, 2.75) is 30.1 Å². The summed E-state index contributed by atoms with van der Waals surface area (Å²) in [6.45, 7) is 0.887. The van der Waals surface area contributed by atoms with Crippen molar-refractivity contribution in [2.24, 2.45) is 0 Å². The molecule has 6 atom stereocenters. The minimum Gasteiger partial charge on any atom is -0.370 e. The van der Waals surface area contributed by atoms with Gasteiger partial charge >= 0.3 is 21.1 Å². The lowest BCUT2D eigenvalue weighted by molar-refractivity contribution is -0.0957. The summed E-state index contributed by atoms with van der Waals surface area (Å²) in [5.74, 6) is 0. The van der Waals surface area contributed by atoms with Crippen molar-refractivity contribution >= 4 is 15.4 Å². The summed E-state index contributed by atoms with van der Waals surface area (Å²) in [7, 11) is -7.88. The predicted molar refractivity (Wildman–Crippen MR) is 82.5 cm³/mol. The van der Waals surface area contributed by atoms with E-state index in [1.165, 1.54) is 7.11 Å². The summed E-state index contributed by atoms with van der Waals surface area (Å²) < 4.78 is 44.4. The van der Waals surface area contributed by atoms with Crippen LogP contribution in [0.25, 0.3) is 0 Å². The monoisotopic (exact) mass is 414 g/mol. The summed E-state index contributed by atoms with van der Waals surface area (Å²) in [4.78, 5) is 52.8. The highest BCUT2D eigenvalue weighted by atomic mass is 31.2. The van der Waals surface area contributed by atoms with Gasteiger partial charge in [0.1, 0.15) is 18.3 Å². The highest BCUT2D eigenvalue weighted by Crippen LogP contribution is 2.64. The summed E-state index contributed by atoms with van der Waals surface area (Å²) in [6.07, 6.45) is -4.02. The van der Waals surface area contributed by atoms with E-state index in [9.17, 15) is 23.6 Å². The van der Waals surface area contributed by atoms with Crippen molar-refractivity contribution in [1.29, 1.82) is 0 Å². The molecule has 1 aliphatic carbocycles. The highest BCUT2D eigenvalue weighted by Gasteiger charge is 2.81. The van der Waals surface area contributed by atoms with Gasteiger partial charge in [0.2, 0.25) is 0 Å². The Hall–Kier alpha value is -1.14. The van der Waals surface area contributed by atoms with Gasteiger partial charge in [0.15, 0.2) is 11.8 Å². The zero-order valence-electron chi connectivity index (χ0n) is 13.4. The Morgan fingerprint density at radius 1 is 1.23 bits per heavy atom. The second-order valence-electron chi connectivity index (χ2n) is 5.87. The lowest BCUT2D eigenvalue weighted by Gasteiger charge is -2.29. The first kappa shape index (κ1) is 19.6. The molecule has 2 fully saturated rings. The van der Waals surface area contributed by atoms with Crippen LogP contribution < -0.4 is 11.2 Å². The number of nitrogens with zero attached hydrogens (tertiary/aromatic N) is 1. The maximum Gasteiger partial charge on any atom is 0.470 e. The van der Waals surface area contributed by atoms with E-state index < -0.39 is 56.8 Å². The van der Waals surface area contributed by atoms with E-state index in [-0.39, 0.29) is 0 Å². The lowest BCUT2D eigenvalue weighted by atomic mass is 10.1. The number of ether oxygens (including phenoxy) is 2. The Kier molecular flexibility index (Phi) is 4.67. The quantitative estimate of drug-likeness (QED) is 0.397. The van der Waals surface area contributed by atoms with Gasteiger partial charge in [-0.25, -0.2) is 9.36 Å². The fourth-order valence-electron chi connectivity index (χ4n) is 3.09. The summed E-state index contributed by atoms with van der Waals surface area (Å²) in [5, 5.41) is 0. The third-order valence-electron chi connectivity index (χ3n) is 4.08. The summed E-state index contributed by atoms with van der Waals surface area (Å²) in [5.41, 5.74) is -3.17. The molecule has 3 rings (SSSR count). The minimum absolute atomic E-state index is 0.667. The van der Waals surface area contributed by atoms with Crippen LogP contribution in [0.1, 0.15) is 6.23 Å². The van der Waals surface area contributed by atoms with Crippen LogP contribution in [0.2, 0.25) is 0 Å². The van der Waals surface area contributed by atoms with Crippen molar-refractivity contribution in [2.75, 3.05) is 13.8 Å². The van der Waals surface area contributed by atoms with E-state index in [1.54, 1.807) is 0 Å². The van der Waals surface area contributed by atoms with E-state index in [4.69, 9.17) is 23.8 Å². The Bertz CT molecular complexity index is 915. The standard InChI is InChI=1S/C11H16N2O11P2/c1-21-11-6(7(11)24-26(18,19)20)22-9(8(11)23-25(2,16)17)13-4-3-5(14)12-10(13)15/h3-4,6-9H,1-2H3,(H,16,17)(H,12,14,15)(H2,18,19,20)/t6-,7?,8+,9-,11+/m1/s1. The second kappa shape index (κ2) is 6.20. The SMILES string of the molecule is CO[C@]12C(OP(=O)(O)O)[C@H]1O[C@@H](n1ccc(=O)[nH]c1=O)[C@@H]2OP(C)(=O)O. The smallest absolute Gasteiger partial charge is 0.370 e. The van der Waals surface area contributed by atoms with Crippen LogP contribution in [0.4, 0.5) is 0 Å². The molecule has 4 N–H and O–H groups in total. The van der Waals surface area contributed by atoms with Crippen molar-refractivity contribution in [3.63, 3.8) is 0 Å². The number of aromatic nitrogens is 2. The maximum absolute atomic E-state index is 12.0. The zero-order chi connectivity index (χ0) is 19.5. The van der Waals surface area contributed by atoms with Crippen molar-refractivity contribution in [3.05, 3.63) is 33.1 Å². The van der Waals surface area contributed by atoms with E-state index in [0.29, 0.717) is 0 Å². The van der Waals surface area contributed by atoms with Crippen LogP contribution in [0.5, 0.6) is 0 Å². The third kappa shape index (κ3) is 3.38. The first-order valence-corrected chi connectivity index (χ1v) is 10.7. The molecule has 1 saturated heterocycles. The topological polar surface area (TPSA) is 187 Å². The van der Waals surface area contributed by atoms with Crippen LogP contribution in [0, 0.1) is 0 Å². The Labute approximate surface area is 145 Å². The van der Waals surface area contributed by atoms with E-state index in [2.05, 4.69) is 4.52 Å². The predicted octanol–water partition coefficient (Wildman–Crippen LogP) is -1.49. The summed E-state index contributed by atoms with van der Waals surface area (Å²) in [6, 6.07) is 1.03. The zero-order valence-corrected chi connectivity index (χ0v) is 15.2. The van der Waals surface area contributed by atoms with E-state index in [1.807, 2.05) is 4.98 Å². The minimum atomic E-state index is -4.92. The molecule has 1 saturated carbocycles. The van der Waals surface area contributed by atoms with Crippen molar-refractivity contribution in [3.8, 4) is 0 Å². The lowest BCUT2D eigenvalue weighted by Crippen LogP contribution is -2.44. The highest BCUT2D eigenvalue weighted by molar-refractivity contribution is 7.51. The Morgan fingerprint density at radius 3 is 2.38 bits per heavy atom. The molecule has 1 aromatic rings. The molecule has 2 aliphatic rings. The molecule has 0 amide bonds. The van der Waals surface area contributed by atoms with Gasteiger partial charge < -0.3 is 24.2 Å². The van der Waals surface area contributed by atoms with Crippen molar-refractivity contribution in [1.82, 2.24) is 9.55 Å². The molecule has 13 nitrogen and oxygen atoms in total. The Balaban J connectivity index is 2.01. The Morgan fingerprint density at radius 2 is 1.88 bits per heavy atom. The first-order chi connectivity index (χ1) is 11.9. The first-order valence-electron chi connectivity index (χ1n) is 7.14. The molecule has 1 aromatic heterocycles. The fraction of sp³-hybridized carbons (Fsp3) is 0.636. The average Bonchev–Trinajstić information content (AvgIpc) is 2.92. The van der Waals surface area contributed by atoms with Crippen LogP contribution in [0.15, 0.2) is 21.9 Å². The summed E-state index contributed by atoms with van der Waals surface area (Å²) >= 11 is 0. The average molecular weight is 414 g/mol. The fourth-order valence-corrected chi connectivity index (χ4v) is 4.35. The number of hydrogen-bond acceptors (Lipinski definition) is 8. The van der Waals surface area contributed by atoms with Gasteiger partial charge in [0.25, 0.3) is 5.56 Å².